The molecule has 0 aliphatic carbocycles. The number of hydrogen-bond acceptors (Lipinski definition) is 5. The van der Waals surface area contributed by atoms with Crippen LogP contribution in [0.1, 0.15) is 12.0 Å². The van der Waals surface area contributed by atoms with Crippen molar-refractivity contribution in [1.82, 2.24) is 15.5 Å². The van der Waals surface area contributed by atoms with E-state index in [0.29, 0.717) is 19.2 Å². The Kier molecular flexibility index (Phi) is 9.65. The molecule has 0 amide bonds. The first-order valence-electron chi connectivity index (χ1n) is 11.3. The number of aliphatic imine (C=N–C) groups is 1. The number of likely N-dealkylation sites (N-methyl/N-ethyl adjacent to an activating group) is 1. The van der Waals surface area contributed by atoms with E-state index in [9.17, 15) is 0 Å². The average Bonchev–Trinajstić information content (AvgIpc) is 3.30. The van der Waals surface area contributed by atoms with Gasteiger partial charge in [-0.25, -0.2) is 0 Å². The summed E-state index contributed by atoms with van der Waals surface area (Å²) in [5, 5.41) is 7.00. The van der Waals surface area contributed by atoms with Crippen molar-refractivity contribution in [1.29, 1.82) is 0 Å². The largest absolute Gasteiger partial charge is 0.492 e. The van der Waals surface area contributed by atoms with Crippen LogP contribution in [0, 0.1) is 0 Å². The van der Waals surface area contributed by atoms with Gasteiger partial charge in [0.25, 0.3) is 0 Å². The van der Waals surface area contributed by atoms with E-state index in [-0.39, 0.29) is 0 Å². The van der Waals surface area contributed by atoms with Crippen molar-refractivity contribution in [2.75, 3.05) is 65.5 Å². The molecule has 1 aliphatic rings. The number of methoxy groups -OCH3 is 1. The second-order valence-electron chi connectivity index (χ2n) is 8.13. The van der Waals surface area contributed by atoms with E-state index < -0.39 is 0 Å². The second-order valence-corrected chi connectivity index (χ2v) is 8.13. The van der Waals surface area contributed by atoms with Gasteiger partial charge in [0.1, 0.15) is 12.4 Å². The molecular formula is C25H37N5O2. The molecule has 1 aliphatic heterocycles. The fraction of sp³-hybridized carbons (Fsp3) is 0.480. The molecule has 7 heteroatoms. The Morgan fingerprint density at radius 3 is 2.72 bits per heavy atom. The first-order valence-corrected chi connectivity index (χ1v) is 11.3. The van der Waals surface area contributed by atoms with Crippen molar-refractivity contribution in [3.63, 3.8) is 0 Å². The van der Waals surface area contributed by atoms with E-state index >= 15 is 0 Å². The van der Waals surface area contributed by atoms with Crippen LogP contribution >= 0.6 is 0 Å². The van der Waals surface area contributed by atoms with Crippen molar-refractivity contribution in [2.24, 2.45) is 4.99 Å². The lowest BCUT2D eigenvalue weighted by molar-refractivity contribution is 0.150. The molecule has 0 aromatic heterocycles. The molecule has 0 bridgehead atoms. The summed E-state index contributed by atoms with van der Waals surface area (Å²) in [6.07, 6.45) is 1.09. The summed E-state index contributed by atoms with van der Waals surface area (Å²) in [7, 11) is 5.62. The van der Waals surface area contributed by atoms with Crippen LogP contribution in [-0.2, 0) is 11.3 Å². The molecule has 1 fully saturated rings. The van der Waals surface area contributed by atoms with Gasteiger partial charge in [-0.15, -0.1) is 0 Å². The molecule has 174 valence electrons. The maximum Gasteiger partial charge on any atom is 0.191 e. The molecule has 1 unspecified atom stereocenters. The zero-order valence-electron chi connectivity index (χ0n) is 19.6. The highest BCUT2D eigenvalue weighted by molar-refractivity contribution is 5.80. The third-order valence-corrected chi connectivity index (χ3v) is 5.65. The standard InChI is InChI=1S/C25H37N5O2/c1-26-25(28-22-12-13-30(20-22)23-9-5-4-6-10-23)27-19-21-8-7-11-24(18-21)32-17-15-29(2)14-16-31-3/h4-11,18,22H,12-17,19-20H2,1-3H3,(H2,26,27,28). The number of benzene rings is 2. The van der Waals surface area contributed by atoms with Crippen molar-refractivity contribution >= 4 is 11.6 Å². The minimum absolute atomic E-state index is 0.381. The van der Waals surface area contributed by atoms with Gasteiger partial charge in [0.05, 0.1) is 6.61 Å². The molecule has 0 radical (unpaired) electrons. The number of ether oxygens (including phenoxy) is 2. The normalized spacial score (nSPS) is 16.4. The van der Waals surface area contributed by atoms with Crippen molar-refractivity contribution in [3.05, 3.63) is 60.2 Å². The minimum atomic E-state index is 0.381. The lowest BCUT2D eigenvalue weighted by Crippen LogP contribution is -2.44. The number of nitrogens with zero attached hydrogens (tertiary/aromatic N) is 3. The van der Waals surface area contributed by atoms with Gasteiger partial charge in [-0.3, -0.25) is 4.99 Å². The smallest absolute Gasteiger partial charge is 0.191 e. The highest BCUT2D eigenvalue weighted by atomic mass is 16.5. The van der Waals surface area contributed by atoms with Crippen molar-refractivity contribution in [3.8, 4) is 5.75 Å². The molecule has 0 saturated carbocycles. The number of para-hydroxylation sites is 1. The Labute approximate surface area is 192 Å². The summed E-state index contributed by atoms with van der Waals surface area (Å²) in [6.45, 7) is 5.88. The zero-order chi connectivity index (χ0) is 22.6. The second kappa shape index (κ2) is 12.9. The fourth-order valence-electron chi connectivity index (χ4n) is 3.75. The molecular weight excluding hydrogens is 402 g/mol. The summed E-state index contributed by atoms with van der Waals surface area (Å²) in [5.74, 6) is 1.72. The average molecular weight is 440 g/mol. The maximum atomic E-state index is 5.93. The molecule has 2 aromatic carbocycles. The third kappa shape index (κ3) is 7.73. The monoisotopic (exact) mass is 439 g/mol. The summed E-state index contributed by atoms with van der Waals surface area (Å²) in [5.41, 5.74) is 2.44. The van der Waals surface area contributed by atoms with E-state index in [2.05, 4.69) is 74.9 Å². The van der Waals surface area contributed by atoms with Crippen LogP contribution in [0.2, 0.25) is 0 Å². The highest BCUT2D eigenvalue weighted by Crippen LogP contribution is 2.19. The summed E-state index contributed by atoms with van der Waals surface area (Å²) >= 11 is 0. The summed E-state index contributed by atoms with van der Waals surface area (Å²) in [4.78, 5) is 9.03. The van der Waals surface area contributed by atoms with E-state index in [1.54, 1.807) is 7.11 Å². The van der Waals surface area contributed by atoms with E-state index in [1.165, 1.54) is 5.69 Å². The van der Waals surface area contributed by atoms with Crippen LogP contribution in [-0.4, -0.2) is 77.5 Å². The lowest BCUT2D eigenvalue weighted by atomic mass is 10.2. The molecule has 1 saturated heterocycles. The van der Waals surface area contributed by atoms with Gasteiger partial charge in [-0.1, -0.05) is 30.3 Å². The van der Waals surface area contributed by atoms with Crippen molar-refractivity contribution in [2.45, 2.75) is 19.0 Å². The molecule has 32 heavy (non-hydrogen) atoms. The maximum absolute atomic E-state index is 5.93. The molecule has 3 rings (SSSR count). The van der Waals surface area contributed by atoms with Gasteiger partial charge in [0.15, 0.2) is 5.96 Å². The Morgan fingerprint density at radius 1 is 1.12 bits per heavy atom. The summed E-state index contributed by atoms with van der Waals surface area (Å²) in [6, 6.07) is 19.2. The van der Waals surface area contributed by atoms with Gasteiger partial charge in [-0.05, 0) is 43.3 Å². The zero-order valence-corrected chi connectivity index (χ0v) is 19.6. The molecule has 1 atom stereocenters. The van der Waals surface area contributed by atoms with Crippen molar-refractivity contribution < 1.29 is 9.47 Å². The van der Waals surface area contributed by atoms with Crippen LogP contribution < -0.4 is 20.3 Å². The molecule has 1 heterocycles. The highest BCUT2D eigenvalue weighted by Gasteiger charge is 2.23. The lowest BCUT2D eigenvalue weighted by Gasteiger charge is -2.20. The van der Waals surface area contributed by atoms with E-state index in [1.807, 2.05) is 19.2 Å². The Bertz CT molecular complexity index is 830. The van der Waals surface area contributed by atoms with Crippen LogP contribution in [0.15, 0.2) is 59.6 Å². The van der Waals surface area contributed by atoms with Gasteiger partial charge in [0.2, 0.25) is 0 Å². The Balaban J connectivity index is 1.41. The number of anilines is 1. The van der Waals surface area contributed by atoms with E-state index in [0.717, 1.165) is 56.5 Å². The third-order valence-electron chi connectivity index (χ3n) is 5.65. The van der Waals surface area contributed by atoms with Crippen LogP contribution in [0.4, 0.5) is 5.69 Å². The number of rotatable bonds is 11. The molecule has 7 nitrogen and oxygen atoms in total. The Morgan fingerprint density at radius 2 is 1.94 bits per heavy atom. The predicted molar refractivity (Wildman–Crippen MR) is 132 cm³/mol. The van der Waals surface area contributed by atoms with Gasteiger partial charge in [0, 0.05) is 58.6 Å². The SMILES string of the molecule is CN=C(NCc1cccc(OCCN(C)CCOC)c1)NC1CCN(c2ccccc2)C1. The predicted octanol–water partition coefficient (Wildman–Crippen LogP) is 2.59. The fourth-order valence-corrected chi connectivity index (χ4v) is 3.75. The molecule has 2 N–H and O–H groups in total. The first kappa shape index (κ1) is 23.9. The van der Waals surface area contributed by atoms with E-state index in [4.69, 9.17) is 9.47 Å². The quantitative estimate of drug-likeness (QED) is 0.415. The van der Waals surface area contributed by atoms with Crippen LogP contribution in [0.5, 0.6) is 5.75 Å². The van der Waals surface area contributed by atoms with Gasteiger partial charge < -0.3 is 29.9 Å². The Hall–Kier alpha value is -2.77. The van der Waals surface area contributed by atoms with Crippen LogP contribution in [0.3, 0.4) is 0 Å². The number of guanidine groups is 1. The first-order chi connectivity index (χ1) is 15.7. The number of nitrogens with one attached hydrogen (secondary N) is 2. The molecule has 0 spiro atoms. The topological polar surface area (TPSA) is 61.4 Å². The van der Waals surface area contributed by atoms with Crippen LogP contribution in [0.25, 0.3) is 0 Å². The van der Waals surface area contributed by atoms with Gasteiger partial charge in [-0.2, -0.15) is 0 Å². The van der Waals surface area contributed by atoms with Gasteiger partial charge >= 0.3 is 0 Å². The molecule has 2 aromatic rings. The minimum Gasteiger partial charge on any atom is -0.492 e. The number of hydrogen-bond donors (Lipinski definition) is 2. The summed E-state index contributed by atoms with van der Waals surface area (Å²) < 4.78 is 11.0.